The van der Waals surface area contributed by atoms with Crippen LogP contribution in [0.4, 0.5) is 0 Å². The quantitative estimate of drug-likeness (QED) is 0.625. The third kappa shape index (κ3) is 3.48. The van der Waals surface area contributed by atoms with Gasteiger partial charge in [-0.2, -0.15) is 0 Å². The molecule has 3 rings (SSSR count). The summed E-state index contributed by atoms with van der Waals surface area (Å²) in [6, 6.07) is 1.65. The van der Waals surface area contributed by atoms with Crippen molar-refractivity contribution in [3.63, 3.8) is 0 Å². The molecule has 0 atom stereocenters. The maximum absolute atomic E-state index is 13.1. The van der Waals surface area contributed by atoms with E-state index in [-0.39, 0.29) is 11.6 Å². The molecule has 0 fully saturated rings. The maximum Gasteiger partial charge on any atom is 0.197 e. The van der Waals surface area contributed by atoms with Crippen LogP contribution in [0.15, 0.2) is 24.7 Å². The molecule has 0 unspecified atom stereocenters. The number of nitrogens with one attached hydrogen (secondary N) is 1. The van der Waals surface area contributed by atoms with Crippen molar-refractivity contribution in [1.82, 2.24) is 19.8 Å². The number of aryl methyl sites for hydroxylation is 1. The first-order chi connectivity index (χ1) is 12.5. The zero-order valence-corrected chi connectivity index (χ0v) is 15.7. The number of aromatic nitrogens is 2. The van der Waals surface area contributed by atoms with E-state index in [0.717, 1.165) is 44.6 Å². The summed E-state index contributed by atoms with van der Waals surface area (Å²) in [5.74, 6) is -0.147. The predicted molar refractivity (Wildman–Crippen MR) is 101 cm³/mol. The molecule has 0 amide bonds. The summed E-state index contributed by atoms with van der Waals surface area (Å²) in [6.45, 7) is 2.64. The number of ketones is 2. The predicted octanol–water partition coefficient (Wildman–Crippen LogP) is 1.76. The Kier molecular flexibility index (Phi) is 5.64. The molecule has 2 aromatic heterocycles. The second kappa shape index (κ2) is 7.93. The molecule has 1 aliphatic rings. The van der Waals surface area contributed by atoms with Crippen molar-refractivity contribution < 1.29 is 9.59 Å². The van der Waals surface area contributed by atoms with Gasteiger partial charge in [-0.25, -0.2) is 0 Å². The van der Waals surface area contributed by atoms with Crippen LogP contribution in [0.2, 0.25) is 0 Å². The van der Waals surface area contributed by atoms with Crippen LogP contribution < -0.4 is 5.32 Å². The second-order valence-electron chi connectivity index (χ2n) is 7.00. The normalized spacial score (nSPS) is 13.2. The topological polar surface area (TPSA) is 67.2 Å². The van der Waals surface area contributed by atoms with E-state index in [2.05, 4.69) is 19.8 Å². The highest BCUT2D eigenvalue weighted by molar-refractivity contribution is 6.28. The number of hydrogen-bond acceptors (Lipinski definition) is 5. The highest BCUT2D eigenvalue weighted by Gasteiger charge is 2.34. The first kappa shape index (κ1) is 18.5. The Morgan fingerprint density at radius 2 is 1.92 bits per heavy atom. The lowest BCUT2D eigenvalue weighted by molar-refractivity contribution is 0.0979. The minimum absolute atomic E-state index is 0.0529. The summed E-state index contributed by atoms with van der Waals surface area (Å²) in [5.41, 5.74) is 2.99. The molecule has 1 aliphatic carbocycles. The molecule has 2 aromatic rings. The van der Waals surface area contributed by atoms with Gasteiger partial charge in [0.15, 0.2) is 11.6 Å². The Balaban J connectivity index is 1.99. The van der Waals surface area contributed by atoms with Crippen molar-refractivity contribution in [3.8, 4) is 0 Å². The van der Waals surface area contributed by atoms with Crippen LogP contribution in [0.25, 0.3) is 0 Å². The summed E-state index contributed by atoms with van der Waals surface area (Å²) < 4.78 is 2.11. The van der Waals surface area contributed by atoms with Gasteiger partial charge in [0.05, 0.1) is 16.7 Å². The molecule has 6 heteroatoms. The molecule has 2 heterocycles. The summed E-state index contributed by atoms with van der Waals surface area (Å²) in [7, 11) is 6.01. The van der Waals surface area contributed by atoms with Gasteiger partial charge in [-0.05, 0) is 59.6 Å². The largest absolute Gasteiger partial charge is 0.350 e. The molecule has 1 N–H and O–H groups in total. The molecule has 26 heavy (non-hydrogen) atoms. The lowest BCUT2D eigenvalue weighted by Gasteiger charge is -2.16. The Morgan fingerprint density at radius 3 is 2.65 bits per heavy atom. The SMILES string of the molecule is CNCCCc1c2c(cn1CCCN(C)C)C(=O)c1cnccc1C2=O. The second-order valence-corrected chi connectivity index (χ2v) is 7.00. The lowest BCUT2D eigenvalue weighted by atomic mass is 9.86. The van der Waals surface area contributed by atoms with Gasteiger partial charge in [-0.15, -0.1) is 0 Å². The van der Waals surface area contributed by atoms with E-state index in [4.69, 9.17) is 0 Å². The number of rotatable bonds is 8. The van der Waals surface area contributed by atoms with Crippen LogP contribution in [0.3, 0.4) is 0 Å². The van der Waals surface area contributed by atoms with Crippen molar-refractivity contribution in [1.29, 1.82) is 0 Å². The summed E-state index contributed by atoms with van der Waals surface area (Å²) in [4.78, 5) is 32.2. The third-order valence-corrected chi connectivity index (χ3v) is 4.82. The van der Waals surface area contributed by atoms with Gasteiger partial charge >= 0.3 is 0 Å². The van der Waals surface area contributed by atoms with Crippen LogP contribution in [-0.2, 0) is 13.0 Å². The van der Waals surface area contributed by atoms with E-state index in [0.29, 0.717) is 22.3 Å². The number of hydrogen-bond donors (Lipinski definition) is 1. The standard InChI is InChI=1S/C20H26N4O2/c1-21-8-4-6-17-18-16(13-24(17)11-5-10-23(2)3)19(25)15-12-22-9-7-14(15)20(18)26/h7,9,12-13,21H,4-6,8,10-11H2,1-3H3. The molecular formula is C20H26N4O2. The number of fused-ring (bicyclic) bond motifs is 2. The van der Waals surface area contributed by atoms with Crippen LogP contribution in [0.1, 0.15) is 50.4 Å². The molecule has 0 saturated heterocycles. The molecule has 0 bridgehead atoms. The van der Waals surface area contributed by atoms with E-state index in [9.17, 15) is 9.59 Å². The van der Waals surface area contributed by atoms with Gasteiger partial charge in [0, 0.05) is 36.4 Å². The van der Waals surface area contributed by atoms with Crippen molar-refractivity contribution in [2.45, 2.75) is 25.8 Å². The van der Waals surface area contributed by atoms with Gasteiger partial charge in [-0.3, -0.25) is 14.6 Å². The fourth-order valence-electron chi connectivity index (χ4n) is 3.53. The summed E-state index contributed by atoms with van der Waals surface area (Å²) >= 11 is 0. The zero-order chi connectivity index (χ0) is 18.7. The van der Waals surface area contributed by atoms with Crippen LogP contribution >= 0.6 is 0 Å². The Morgan fingerprint density at radius 1 is 1.12 bits per heavy atom. The minimum atomic E-state index is -0.0936. The number of pyridine rings is 1. The lowest BCUT2D eigenvalue weighted by Crippen LogP contribution is -2.21. The van der Waals surface area contributed by atoms with Gasteiger partial charge < -0.3 is 14.8 Å². The van der Waals surface area contributed by atoms with E-state index >= 15 is 0 Å². The fraction of sp³-hybridized carbons (Fsp3) is 0.450. The van der Waals surface area contributed by atoms with Crippen LogP contribution in [0.5, 0.6) is 0 Å². The van der Waals surface area contributed by atoms with Gasteiger partial charge in [0.2, 0.25) is 0 Å². The zero-order valence-electron chi connectivity index (χ0n) is 15.7. The van der Waals surface area contributed by atoms with Crippen molar-refractivity contribution >= 4 is 11.6 Å². The third-order valence-electron chi connectivity index (χ3n) is 4.82. The monoisotopic (exact) mass is 354 g/mol. The minimum Gasteiger partial charge on any atom is -0.350 e. The van der Waals surface area contributed by atoms with Crippen LogP contribution in [-0.4, -0.2) is 60.3 Å². The van der Waals surface area contributed by atoms with Crippen LogP contribution in [0, 0.1) is 0 Å². The number of carbonyl (C=O) groups is 2. The maximum atomic E-state index is 13.1. The number of carbonyl (C=O) groups excluding carboxylic acids is 2. The Labute approximate surface area is 154 Å². The molecule has 0 radical (unpaired) electrons. The average Bonchev–Trinajstić information content (AvgIpc) is 2.99. The van der Waals surface area contributed by atoms with Crippen molar-refractivity contribution in [2.75, 3.05) is 34.2 Å². The fourth-order valence-corrected chi connectivity index (χ4v) is 3.53. The van der Waals surface area contributed by atoms with Gasteiger partial charge in [0.25, 0.3) is 0 Å². The van der Waals surface area contributed by atoms with E-state index in [1.165, 1.54) is 6.20 Å². The highest BCUT2D eigenvalue weighted by Crippen LogP contribution is 2.31. The Hall–Kier alpha value is -2.31. The highest BCUT2D eigenvalue weighted by atomic mass is 16.1. The molecule has 138 valence electrons. The smallest absolute Gasteiger partial charge is 0.197 e. The molecule has 0 aliphatic heterocycles. The molecular weight excluding hydrogens is 328 g/mol. The molecule has 0 saturated carbocycles. The van der Waals surface area contributed by atoms with E-state index in [1.54, 1.807) is 12.3 Å². The van der Waals surface area contributed by atoms with Crippen molar-refractivity contribution in [3.05, 3.63) is 52.6 Å². The molecule has 0 spiro atoms. The molecule has 6 nitrogen and oxygen atoms in total. The van der Waals surface area contributed by atoms with Gasteiger partial charge in [-0.1, -0.05) is 0 Å². The van der Waals surface area contributed by atoms with E-state index in [1.807, 2.05) is 27.3 Å². The average molecular weight is 354 g/mol. The Bertz CT molecular complexity index is 823. The first-order valence-corrected chi connectivity index (χ1v) is 9.09. The first-order valence-electron chi connectivity index (χ1n) is 9.09. The summed E-state index contributed by atoms with van der Waals surface area (Å²) in [5, 5.41) is 3.15. The van der Waals surface area contributed by atoms with Crippen molar-refractivity contribution in [2.24, 2.45) is 0 Å². The molecule has 0 aromatic carbocycles. The number of nitrogens with zero attached hydrogens (tertiary/aromatic N) is 3. The van der Waals surface area contributed by atoms with E-state index < -0.39 is 0 Å². The van der Waals surface area contributed by atoms with Gasteiger partial charge in [0.1, 0.15) is 0 Å². The summed E-state index contributed by atoms with van der Waals surface area (Å²) in [6.07, 6.45) is 7.61.